The minimum Gasteiger partial charge on any atom is -0.368 e. The van der Waals surface area contributed by atoms with E-state index in [-0.39, 0.29) is 11.6 Å². The third-order valence-corrected chi connectivity index (χ3v) is 2.75. The quantitative estimate of drug-likeness (QED) is 0.855. The summed E-state index contributed by atoms with van der Waals surface area (Å²) in [6, 6.07) is 4.77. The van der Waals surface area contributed by atoms with E-state index < -0.39 is 11.7 Å². The molecule has 2 rings (SSSR count). The zero-order chi connectivity index (χ0) is 13.3. The first-order chi connectivity index (χ1) is 8.41. The van der Waals surface area contributed by atoms with Crippen LogP contribution < -0.4 is 5.73 Å². The number of anilines is 1. The first-order valence-electron chi connectivity index (χ1n) is 4.86. The maximum absolute atomic E-state index is 12.6. The normalized spacial score (nSPS) is 11.8. The number of hydrogen-bond acceptors (Lipinski definition) is 4. The topological polar surface area (TPSA) is 56.7 Å². The standard InChI is InChI=1S/C10H9F3N4S/c1-18-9-15-8(14)17(16-9)7-4-2-3-6(5-7)10(11,12)13/h2-5H,1H3,(H2,14,15,16). The summed E-state index contributed by atoms with van der Waals surface area (Å²) in [4.78, 5) is 3.91. The minimum atomic E-state index is -4.40. The van der Waals surface area contributed by atoms with Crippen molar-refractivity contribution in [1.82, 2.24) is 14.8 Å². The summed E-state index contributed by atoms with van der Waals surface area (Å²) in [6.45, 7) is 0. The molecule has 0 radical (unpaired) electrons. The van der Waals surface area contributed by atoms with Crippen LogP contribution in [0.3, 0.4) is 0 Å². The highest BCUT2D eigenvalue weighted by Crippen LogP contribution is 2.30. The predicted octanol–water partition coefficient (Wildman–Crippen LogP) is 2.59. The Kier molecular flexibility index (Phi) is 3.20. The van der Waals surface area contributed by atoms with E-state index in [9.17, 15) is 13.2 Å². The highest BCUT2D eigenvalue weighted by molar-refractivity contribution is 7.98. The fourth-order valence-electron chi connectivity index (χ4n) is 1.39. The van der Waals surface area contributed by atoms with Gasteiger partial charge in [0.1, 0.15) is 0 Å². The van der Waals surface area contributed by atoms with E-state index in [0.29, 0.717) is 5.16 Å². The van der Waals surface area contributed by atoms with E-state index in [1.807, 2.05) is 0 Å². The lowest BCUT2D eigenvalue weighted by atomic mass is 10.2. The molecule has 18 heavy (non-hydrogen) atoms. The van der Waals surface area contributed by atoms with Gasteiger partial charge in [-0.2, -0.15) is 22.8 Å². The van der Waals surface area contributed by atoms with Crippen LogP contribution in [0.15, 0.2) is 29.4 Å². The molecule has 96 valence electrons. The van der Waals surface area contributed by atoms with E-state index in [1.54, 1.807) is 6.26 Å². The van der Waals surface area contributed by atoms with Crippen molar-refractivity contribution in [2.75, 3.05) is 12.0 Å². The number of aromatic nitrogens is 3. The first-order valence-corrected chi connectivity index (χ1v) is 6.08. The van der Waals surface area contributed by atoms with Crippen molar-refractivity contribution in [2.24, 2.45) is 0 Å². The molecule has 2 N–H and O–H groups in total. The Morgan fingerprint density at radius 3 is 2.61 bits per heavy atom. The van der Waals surface area contributed by atoms with Gasteiger partial charge in [0, 0.05) is 0 Å². The zero-order valence-corrected chi connectivity index (χ0v) is 10.1. The predicted molar refractivity (Wildman–Crippen MR) is 62.6 cm³/mol. The summed E-state index contributed by atoms with van der Waals surface area (Å²) in [5, 5.41) is 4.41. The second-order valence-electron chi connectivity index (χ2n) is 3.42. The molecule has 0 spiro atoms. The van der Waals surface area contributed by atoms with Crippen LogP contribution in [0.2, 0.25) is 0 Å². The molecule has 0 bridgehead atoms. The molecule has 1 aromatic carbocycles. The van der Waals surface area contributed by atoms with E-state index in [4.69, 9.17) is 5.73 Å². The summed E-state index contributed by atoms with van der Waals surface area (Å²) >= 11 is 1.26. The van der Waals surface area contributed by atoms with Crippen molar-refractivity contribution >= 4 is 17.7 Å². The molecule has 1 aromatic heterocycles. The molecule has 8 heteroatoms. The summed E-state index contributed by atoms with van der Waals surface area (Å²) in [6.07, 6.45) is -2.64. The lowest BCUT2D eigenvalue weighted by Crippen LogP contribution is -2.08. The maximum Gasteiger partial charge on any atom is 0.416 e. The van der Waals surface area contributed by atoms with Gasteiger partial charge in [0.15, 0.2) is 0 Å². The van der Waals surface area contributed by atoms with E-state index in [1.165, 1.54) is 28.6 Å². The van der Waals surface area contributed by atoms with Gasteiger partial charge >= 0.3 is 6.18 Å². The van der Waals surface area contributed by atoms with Gasteiger partial charge in [-0.25, -0.2) is 0 Å². The summed E-state index contributed by atoms with van der Waals surface area (Å²) in [5.41, 5.74) is 5.09. The maximum atomic E-state index is 12.6. The molecule has 0 atom stereocenters. The van der Waals surface area contributed by atoms with Crippen LogP contribution >= 0.6 is 11.8 Å². The van der Waals surface area contributed by atoms with Crippen molar-refractivity contribution in [3.8, 4) is 5.69 Å². The Morgan fingerprint density at radius 1 is 1.33 bits per heavy atom. The van der Waals surface area contributed by atoms with Crippen LogP contribution in [0.5, 0.6) is 0 Å². The molecule has 0 unspecified atom stereocenters. The summed E-state index contributed by atoms with van der Waals surface area (Å²) in [5.74, 6) is 0.0543. The number of thioether (sulfide) groups is 1. The van der Waals surface area contributed by atoms with Crippen LogP contribution in [0, 0.1) is 0 Å². The van der Waals surface area contributed by atoms with E-state index in [0.717, 1.165) is 12.1 Å². The zero-order valence-electron chi connectivity index (χ0n) is 9.27. The van der Waals surface area contributed by atoms with Gasteiger partial charge in [-0.05, 0) is 24.5 Å². The number of benzene rings is 1. The number of rotatable bonds is 2. The van der Waals surface area contributed by atoms with Gasteiger partial charge in [-0.1, -0.05) is 17.8 Å². The number of nitrogen functional groups attached to an aromatic ring is 1. The largest absolute Gasteiger partial charge is 0.416 e. The SMILES string of the molecule is CSc1nc(N)n(-c2cccc(C(F)(F)F)c2)n1. The molecule has 0 aliphatic carbocycles. The van der Waals surface area contributed by atoms with Gasteiger partial charge in [-0.3, -0.25) is 0 Å². The van der Waals surface area contributed by atoms with Crippen molar-refractivity contribution in [1.29, 1.82) is 0 Å². The second kappa shape index (κ2) is 4.52. The Balaban J connectivity index is 2.47. The second-order valence-corrected chi connectivity index (χ2v) is 4.19. The van der Waals surface area contributed by atoms with Crippen molar-refractivity contribution in [3.63, 3.8) is 0 Å². The van der Waals surface area contributed by atoms with Gasteiger partial charge < -0.3 is 5.73 Å². The average molecular weight is 274 g/mol. The fourth-order valence-corrected chi connectivity index (χ4v) is 1.74. The van der Waals surface area contributed by atoms with Crippen LogP contribution in [-0.2, 0) is 6.18 Å². The van der Waals surface area contributed by atoms with Crippen molar-refractivity contribution in [2.45, 2.75) is 11.3 Å². The van der Waals surface area contributed by atoms with Crippen LogP contribution in [0.1, 0.15) is 5.56 Å². The summed E-state index contributed by atoms with van der Waals surface area (Å²) < 4.78 is 38.9. The lowest BCUT2D eigenvalue weighted by molar-refractivity contribution is -0.137. The van der Waals surface area contributed by atoms with Crippen LogP contribution in [0.4, 0.5) is 19.1 Å². The number of nitrogens with two attached hydrogens (primary N) is 1. The number of halogens is 3. The number of hydrogen-bond donors (Lipinski definition) is 1. The minimum absolute atomic E-state index is 0.0543. The number of nitrogens with zero attached hydrogens (tertiary/aromatic N) is 3. The van der Waals surface area contributed by atoms with E-state index in [2.05, 4.69) is 10.1 Å². The van der Waals surface area contributed by atoms with Crippen molar-refractivity contribution in [3.05, 3.63) is 29.8 Å². The van der Waals surface area contributed by atoms with Gasteiger partial charge in [0.2, 0.25) is 11.1 Å². The molecule has 0 aliphatic rings. The molecule has 0 aliphatic heterocycles. The Morgan fingerprint density at radius 2 is 2.06 bits per heavy atom. The Labute approximate surface area is 105 Å². The monoisotopic (exact) mass is 274 g/mol. The highest BCUT2D eigenvalue weighted by Gasteiger charge is 2.30. The smallest absolute Gasteiger partial charge is 0.368 e. The van der Waals surface area contributed by atoms with Gasteiger partial charge in [0.05, 0.1) is 11.3 Å². The molecule has 0 fully saturated rings. The lowest BCUT2D eigenvalue weighted by Gasteiger charge is -2.08. The first kappa shape index (κ1) is 12.7. The Bertz CT molecular complexity index is 564. The molecular formula is C10H9F3N4S. The molecular weight excluding hydrogens is 265 g/mol. The molecule has 1 heterocycles. The molecule has 0 amide bonds. The van der Waals surface area contributed by atoms with Gasteiger partial charge in [-0.15, -0.1) is 5.10 Å². The van der Waals surface area contributed by atoms with Crippen LogP contribution in [-0.4, -0.2) is 21.0 Å². The van der Waals surface area contributed by atoms with Crippen molar-refractivity contribution < 1.29 is 13.2 Å². The van der Waals surface area contributed by atoms with Gasteiger partial charge in [0.25, 0.3) is 0 Å². The molecule has 2 aromatic rings. The highest BCUT2D eigenvalue weighted by atomic mass is 32.2. The Hall–Kier alpha value is -1.70. The fraction of sp³-hybridized carbons (Fsp3) is 0.200. The molecule has 0 saturated heterocycles. The third-order valence-electron chi connectivity index (χ3n) is 2.21. The van der Waals surface area contributed by atoms with Crippen LogP contribution in [0.25, 0.3) is 5.69 Å². The third kappa shape index (κ3) is 2.42. The molecule has 0 saturated carbocycles. The molecule has 4 nitrogen and oxygen atoms in total. The average Bonchev–Trinajstić information content (AvgIpc) is 2.70. The number of alkyl halides is 3. The summed E-state index contributed by atoms with van der Waals surface area (Å²) in [7, 11) is 0. The van der Waals surface area contributed by atoms with E-state index >= 15 is 0 Å².